The minimum absolute atomic E-state index is 0.0301. The highest BCUT2D eigenvalue weighted by atomic mass is 16.5. The van der Waals surface area contributed by atoms with Gasteiger partial charge >= 0.3 is 0 Å². The molecule has 0 aliphatic heterocycles. The number of rotatable bonds is 7. The Morgan fingerprint density at radius 3 is 2.95 bits per heavy atom. The molecule has 1 aromatic carbocycles. The molecule has 122 valence electrons. The normalized spacial score (nSPS) is 21.4. The number of nitrogens with one attached hydrogen (secondary N) is 2. The molecule has 1 aliphatic carbocycles. The molecule has 1 saturated carbocycles. The van der Waals surface area contributed by atoms with Crippen molar-refractivity contribution in [1.29, 1.82) is 0 Å². The number of likely N-dealkylation sites (N-methyl/N-ethyl adjacent to an activating group) is 1. The van der Waals surface area contributed by atoms with E-state index in [1.54, 1.807) is 7.05 Å². The summed E-state index contributed by atoms with van der Waals surface area (Å²) < 4.78 is 5.56. The van der Waals surface area contributed by atoms with Crippen molar-refractivity contribution in [3.8, 4) is 5.75 Å². The van der Waals surface area contributed by atoms with E-state index in [1.807, 2.05) is 24.3 Å². The second kappa shape index (κ2) is 8.76. The Morgan fingerprint density at radius 2 is 2.18 bits per heavy atom. The minimum Gasteiger partial charge on any atom is -0.483 e. The van der Waals surface area contributed by atoms with Gasteiger partial charge in [-0.15, -0.1) is 0 Å². The molecule has 1 aromatic rings. The second-order valence-electron chi connectivity index (χ2n) is 5.89. The van der Waals surface area contributed by atoms with E-state index in [-0.39, 0.29) is 18.6 Å². The monoisotopic (exact) mass is 306 g/mol. The summed E-state index contributed by atoms with van der Waals surface area (Å²) in [6.45, 7) is 1.64. The van der Waals surface area contributed by atoms with Crippen LogP contribution in [0.3, 0.4) is 0 Å². The summed E-state index contributed by atoms with van der Waals surface area (Å²) in [5, 5.41) is 15.7. The van der Waals surface area contributed by atoms with Crippen LogP contribution in [0.2, 0.25) is 0 Å². The van der Waals surface area contributed by atoms with Gasteiger partial charge in [-0.25, -0.2) is 0 Å². The van der Waals surface area contributed by atoms with Gasteiger partial charge in [0.15, 0.2) is 6.61 Å². The Labute approximate surface area is 132 Å². The maximum atomic E-state index is 11.3. The number of aliphatic hydroxyl groups excluding tert-OH is 1. The fourth-order valence-corrected chi connectivity index (χ4v) is 2.87. The average molecular weight is 306 g/mol. The van der Waals surface area contributed by atoms with Crippen LogP contribution < -0.4 is 15.4 Å². The molecule has 0 aromatic heterocycles. The predicted octanol–water partition coefficient (Wildman–Crippen LogP) is 1.45. The Bertz CT molecular complexity index is 479. The first-order valence-corrected chi connectivity index (χ1v) is 7.99. The molecule has 0 heterocycles. The fourth-order valence-electron chi connectivity index (χ4n) is 2.87. The van der Waals surface area contributed by atoms with E-state index < -0.39 is 0 Å². The number of hydrogen-bond donors (Lipinski definition) is 3. The lowest BCUT2D eigenvalue weighted by atomic mass is 9.87. The number of carbonyl (C=O) groups excluding carboxylic acids is 1. The summed E-state index contributed by atoms with van der Waals surface area (Å²) >= 11 is 0. The van der Waals surface area contributed by atoms with E-state index in [1.165, 1.54) is 6.42 Å². The Hall–Kier alpha value is -1.59. The van der Waals surface area contributed by atoms with Gasteiger partial charge in [-0.1, -0.05) is 24.6 Å². The smallest absolute Gasteiger partial charge is 0.257 e. The zero-order chi connectivity index (χ0) is 15.8. The minimum atomic E-state index is -0.140. The summed E-state index contributed by atoms with van der Waals surface area (Å²) in [6.07, 6.45) is 3.98. The first-order valence-electron chi connectivity index (χ1n) is 7.99. The molecule has 1 amide bonds. The van der Waals surface area contributed by atoms with Crippen molar-refractivity contribution in [3.63, 3.8) is 0 Å². The number of benzene rings is 1. The molecule has 1 aliphatic rings. The SMILES string of the molecule is CNC(=O)COc1ccccc1CNCC1CCCC(O)C1. The van der Waals surface area contributed by atoms with Crippen molar-refractivity contribution in [2.45, 2.75) is 38.3 Å². The van der Waals surface area contributed by atoms with Crippen LogP contribution in [-0.4, -0.2) is 37.3 Å². The Morgan fingerprint density at radius 1 is 1.36 bits per heavy atom. The lowest BCUT2D eigenvalue weighted by Crippen LogP contribution is -2.29. The lowest BCUT2D eigenvalue weighted by Gasteiger charge is -2.26. The van der Waals surface area contributed by atoms with Gasteiger partial charge in [0.2, 0.25) is 0 Å². The summed E-state index contributed by atoms with van der Waals surface area (Å²) in [5.74, 6) is 1.14. The van der Waals surface area contributed by atoms with Gasteiger partial charge < -0.3 is 20.5 Å². The molecule has 22 heavy (non-hydrogen) atoms. The van der Waals surface area contributed by atoms with Gasteiger partial charge in [-0.05, 0) is 37.8 Å². The van der Waals surface area contributed by atoms with Gasteiger partial charge in [-0.2, -0.15) is 0 Å². The molecule has 0 spiro atoms. The Balaban J connectivity index is 1.80. The highest BCUT2D eigenvalue weighted by molar-refractivity contribution is 5.77. The quantitative estimate of drug-likeness (QED) is 0.713. The van der Waals surface area contributed by atoms with Gasteiger partial charge in [0.1, 0.15) is 5.75 Å². The molecule has 0 saturated heterocycles. The van der Waals surface area contributed by atoms with Crippen LogP contribution in [-0.2, 0) is 11.3 Å². The van der Waals surface area contributed by atoms with E-state index in [0.29, 0.717) is 12.5 Å². The number of carbonyl (C=O) groups is 1. The van der Waals surface area contributed by atoms with Crippen LogP contribution in [0, 0.1) is 5.92 Å². The third-order valence-electron chi connectivity index (χ3n) is 4.11. The van der Waals surface area contributed by atoms with Crippen molar-refractivity contribution in [3.05, 3.63) is 29.8 Å². The van der Waals surface area contributed by atoms with E-state index in [9.17, 15) is 9.90 Å². The number of aliphatic hydroxyl groups is 1. The molecular weight excluding hydrogens is 280 g/mol. The third-order valence-corrected chi connectivity index (χ3v) is 4.11. The van der Waals surface area contributed by atoms with E-state index in [0.717, 1.165) is 37.1 Å². The fraction of sp³-hybridized carbons (Fsp3) is 0.588. The van der Waals surface area contributed by atoms with Crippen LogP contribution in [0.15, 0.2) is 24.3 Å². The van der Waals surface area contributed by atoms with Crippen molar-refractivity contribution in [2.24, 2.45) is 5.92 Å². The number of para-hydroxylation sites is 1. The van der Waals surface area contributed by atoms with Crippen LogP contribution >= 0.6 is 0 Å². The maximum Gasteiger partial charge on any atom is 0.257 e. The van der Waals surface area contributed by atoms with Crippen molar-refractivity contribution < 1.29 is 14.6 Å². The van der Waals surface area contributed by atoms with Crippen LogP contribution in [0.1, 0.15) is 31.2 Å². The third kappa shape index (κ3) is 5.31. The molecule has 5 heteroatoms. The largest absolute Gasteiger partial charge is 0.483 e. The standard InChI is InChI=1S/C17H26N2O3/c1-18-17(21)12-22-16-8-3-2-6-14(16)11-19-10-13-5-4-7-15(20)9-13/h2-3,6,8,13,15,19-20H,4-5,7,9-12H2,1H3,(H,18,21). The van der Waals surface area contributed by atoms with E-state index in [4.69, 9.17) is 4.74 Å². The van der Waals surface area contributed by atoms with Crippen LogP contribution in [0.4, 0.5) is 0 Å². The summed E-state index contributed by atoms with van der Waals surface area (Å²) in [7, 11) is 1.59. The van der Waals surface area contributed by atoms with Crippen molar-refractivity contribution in [2.75, 3.05) is 20.2 Å². The number of ether oxygens (including phenoxy) is 1. The number of hydrogen-bond acceptors (Lipinski definition) is 4. The zero-order valence-corrected chi connectivity index (χ0v) is 13.2. The van der Waals surface area contributed by atoms with Crippen molar-refractivity contribution >= 4 is 5.91 Å². The summed E-state index contributed by atoms with van der Waals surface area (Å²) in [5.41, 5.74) is 1.04. The molecule has 2 atom stereocenters. The highest BCUT2D eigenvalue weighted by Crippen LogP contribution is 2.24. The highest BCUT2D eigenvalue weighted by Gasteiger charge is 2.19. The Kier molecular flexibility index (Phi) is 6.68. The topological polar surface area (TPSA) is 70.6 Å². The number of amides is 1. The average Bonchev–Trinajstić information content (AvgIpc) is 2.53. The van der Waals surface area contributed by atoms with E-state index >= 15 is 0 Å². The zero-order valence-electron chi connectivity index (χ0n) is 13.2. The van der Waals surface area contributed by atoms with Gasteiger partial charge in [-0.3, -0.25) is 4.79 Å². The summed E-state index contributed by atoms with van der Waals surface area (Å²) in [6, 6.07) is 7.75. The first kappa shape index (κ1) is 16.8. The summed E-state index contributed by atoms with van der Waals surface area (Å²) in [4.78, 5) is 11.3. The van der Waals surface area contributed by atoms with Gasteiger partial charge in [0, 0.05) is 19.2 Å². The van der Waals surface area contributed by atoms with Crippen molar-refractivity contribution in [1.82, 2.24) is 10.6 Å². The molecule has 0 radical (unpaired) electrons. The molecular formula is C17H26N2O3. The maximum absolute atomic E-state index is 11.3. The van der Waals surface area contributed by atoms with Gasteiger partial charge in [0.05, 0.1) is 6.10 Å². The van der Waals surface area contributed by atoms with E-state index in [2.05, 4.69) is 10.6 Å². The molecule has 5 nitrogen and oxygen atoms in total. The van der Waals surface area contributed by atoms with Gasteiger partial charge in [0.25, 0.3) is 5.91 Å². The lowest BCUT2D eigenvalue weighted by molar-refractivity contribution is -0.122. The molecule has 1 fully saturated rings. The molecule has 2 unspecified atom stereocenters. The predicted molar refractivity (Wildman–Crippen MR) is 85.7 cm³/mol. The molecule has 3 N–H and O–H groups in total. The second-order valence-corrected chi connectivity index (χ2v) is 5.89. The first-order chi connectivity index (χ1) is 10.7. The molecule has 2 rings (SSSR count). The molecule has 0 bridgehead atoms. The van der Waals surface area contributed by atoms with Crippen LogP contribution in [0.25, 0.3) is 0 Å². The van der Waals surface area contributed by atoms with Crippen LogP contribution in [0.5, 0.6) is 5.75 Å².